The third-order valence-electron chi connectivity index (χ3n) is 2.61. The zero-order chi connectivity index (χ0) is 12.7. The van der Waals surface area contributed by atoms with Crippen LogP contribution in [0.1, 0.15) is 38.8 Å². The number of esters is 1. The fourth-order valence-corrected chi connectivity index (χ4v) is 1.79. The number of carbonyl (C=O) groups excluding carboxylic acids is 1. The van der Waals surface area contributed by atoms with Gasteiger partial charge in [0.15, 0.2) is 0 Å². The highest BCUT2D eigenvalue weighted by Crippen LogP contribution is 2.12. The third-order valence-corrected chi connectivity index (χ3v) is 2.61. The topological polar surface area (TPSA) is 38.3 Å². The van der Waals surface area contributed by atoms with E-state index in [0.717, 1.165) is 0 Å². The van der Waals surface area contributed by atoms with E-state index in [1.54, 1.807) is 0 Å². The molecule has 3 nitrogen and oxygen atoms in total. The molecule has 0 fully saturated rings. The van der Waals surface area contributed by atoms with E-state index in [2.05, 4.69) is 24.4 Å². The lowest BCUT2D eigenvalue weighted by atomic mass is 10.1. The molecule has 0 aliphatic rings. The predicted molar refractivity (Wildman–Crippen MR) is 68.7 cm³/mol. The van der Waals surface area contributed by atoms with Crippen molar-refractivity contribution >= 4 is 5.97 Å². The summed E-state index contributed by atoms with van der Waals surface area (Å²) in [6, 6.07) is 10.5. The van der Waals surface area contributed by atoms with Crippen molar-refractivity contribution in [1.82, 2.24) is 5.32 Å². The lowest BCUT2D eigenvalue weighted by molar-refractivity contribution is -0.143. The lowest BCUT2D eigenvalue weighted by Gasteiger charge is -2.19. The van der Waals surface area contributed by atoms with Gasteiger partial charge in [0, 0.05) is 12.1 Å². The van der Waals surface area contributed by atoms with Crippen LogP contribution in [0.3, 0.4) is 0 Å². The Bertz CT molecular complexity index is 337. The highest BCUT2D eigenvalue weighted by molar-refractivity contribution is 5.70. The van der Waals surface area contributed by atoms with Gasteiger partial charge in [-0.05, 0) is 26.3 Å². The quantitative estimate of drug-likeness (QED) is 0.770. The van der Waals surface area contributed by atoms with Crippen LogP contribution in [-0.4, -0.2) is 18.6 Å². The molecule has 1 rings (SSSR count). The van der Waals surface area contributed by atoms with Gasteiger partial charge >= 0.3 is 5.97 Å². The number of carbonyl (C=O) groups is 1. The van der Waals surface area contributed by atoms with Crippen molar-refractivity contribution < 1.29 is 9.53 Å². The van der Waals surface area contributed by atoms with Crippen LogP contribution in [-0.2, 0) is 9.53 Å². The van der Waals surface area contributed by atoms with Crippen LogP contribution >= 0.6 is 0 Å². The van der Waals surface area contributed by atoms with Crippen LogP contribution in [0.15, 0.2) is 30.3 Å². The number of hydrogen-bond acceptors (Lipinski definition) is 3. The van der Waals surface area contributed by atoms with E-state index in [-0.39, 0.29) is 18.1 Å². The average Bonchev–Trinajstić information content (AvgIpc) is 2.30. The van der Waals surface area contributed by atoms with Gasteiger partial charge in [0.1, 0.15) is 0 Å². The molecule has 0 aromatic heterocycles. The molecular weight excluding hydrogens is 214 g/mol. The Labute approximate surface area is 103 Å². The SMILES string of the molecule is CCOC(=O)C[C@@H](C)N[C@@H](C)c1ccccc1. The molecule has 0 bridgehead atoms. The Kier molecular flexibility index (Phi) is 5.70. The summed E-state index contributed by atoms with van der Waals surface area (Å²) in [4.78, 5) is 11.3. The number of ether oxygens (including phenoxy) is 1. The van der Waals surface area contributed by atoms with Crippen molar-refractivity contribution in [1.29, 1.82) is 0 Å². The first-order valence-electron chi connectivity index (χ1n) is 6.10. The number of benzene rings is 1. The second-order valence-corrected chi connectivity index (χ2v) is 4.21. The molecule has 0 saturated carbocycles. The van der Waals surface area contributed by atoms with Gasteiger partial charge in [-0.15, -0.1) is 0 Å². The maximum Gasteiger partial charge on any atom is 0.307 e. The van der Waals surface area contributed by atoms with Crippen LogP contribution in [0.4, 0.5) is 0 Å². The monoisotopic (exact) mass is 235 g/mol. The van der Waals surface area contributed by atoms with E-state index in [4.69, 9.17) is 4.74 Å². The van der Waals surface area contributed by atoms with Gasteiger partial charge in [0.25, 0.3) is 0 Å². The van der Waals surface area contributed by atoms with Gasteiger partial charge in [-0.2, -0.15) is 0 Å². The molecule has 0 aliphatic heterocycles. The summed E-state index contributed by atoms with van der Waals surface area (Å²) in [6.07, 6.45) is 0.408. The Morgan fingerprint density at radius 1 is 1.29 bits per heavy atom. The standard InChI is InChI=1S/C14H21NO2/c1-4-17-14(16)10-11(2)15-12(3)13-8-6-5-7-9-13/h5-9,11-12,15H,4,10H2,1-3H3/t11-,12+/m1/s1. The smallest absolute Gasteiger partial charge is 0.307 e. The highest BCUT2D eigenvalue weighted by atomic mass is 16.5. The van der Waals surface area contributed by atoms with Gasteiger partial charge in [-0.3, -0.25) is 4.79 Å². The average molecular weight is 235 g/mol. The predicted octanol–water partition coefficient (Wildman–Crippen LogP) is 2.68. The molecule has 0 unspecified atom stereocenters. The molecular formula is C14H21NO2. The first-order chi connectivity index (χ1) is 8.13. The van der Waals surface area contributed by atoms with Crippen molar-refractivity contribution in [2.75, 3.05) is 6.61 Å². The normalized spacial score (nSPS) is 14.1. The van der Waals surface area contributed by atoms with Gasteiger partial charge < -0.3 is 10.1 Å². The van der Waals surface area contributed by atoms with Crippen LogP contribution in [0.2, 0.25) is 0 Å². The second kappa shape index (κ2) is 7.07. The maximum atomic E-state index is 11.3. The summed E-state index contributed by atoms with van der Waals surface area (Å²) in [6.45, 7) is 6.36. The van der Waals surface area contributed by atoms with Crippen molar-refractivity contribution in [3.8, 4) is 0 Å². The molecule has 1 aromatic carbocycles. The third kappa shape index (κ3) is 5.00. The molecule has 3 heteroatoms. The largest absolute Gasteiger partial charge is 0.466 e. The molecule has 0 heterocycles. The fourth-order valence-electron chi connectivity index (χ4n) is 1.79. The minimum atomic E-state index is -0.146. The second-order valence-electron chi connectivity index (χ2n) is 4.21. The van der Waals surface area contributed by atoms with E-state index in [0.29, 0.717) is 13.0 Å². The Morgan fingerprint density at radius 2 is 1.94 bits per heavy atom. The van der Waals surface area contributed by atoms with Gasteiger partial charge in [0.2, 0.25) is 0 Å². The van der Waals surface area contributed by atoms with E-state index in [9.17, 15) is 4.79 Å². The summed E-state index contributed by atoms with van der Waals surface area (Å²) in [5.41, 5.74) is 1.23. The van der Waals surface area contributed by atoms with Crippen molar-refractivity contribution in [3.05, 3.63) is 35.9 Å². The molecule has 0 aliphatic carbocycles. The van der Waals surface area contributed by atoms with E-state index in [1.165, 1.54) is 5.56 Å². The van der Waals surface area contributed by atoms with Gasteiger partial charge in [0.05, 0.1) is 13.0 Å². The van der Waals surface area contributed by atoms with Crippen LogP contribution in [0.25, 0.3) is 0 Å². The first-order valence-corrected chi connectivity index (χ1v) is 6.10. The van der Waals surface area contributed by atoms with Crippen LogP contribution < -0.4 is 5.32 Å². The summed E-state index contributed by atoms with van der Waals surface area (Å²) in [5.74, 6) is -0.146. The zero-order valence-corrected chi connectivity index (χ0v) is 10.8. The number of nitrogens with one attached hydrogen (secondary N) is 1. The van der Waals surface area contributed by atoms with E-state index < -0.39 is 0 Å². The Hall–Kier alpha value is -1.35. The number of rotatable bonds is 6. The summed E-state index contributed by atoms with van der Waals surface area (Å²) in [7, 11) is 0. The van der Waals surface area contributed by atoms with Crippen molar-refractivity contribution in [2.45, 2.75) is 39.3 Å². The van der Waals surface area contributed by atoms with Crippen molar-refractivity contribution in [3.63, 3.8) is 0 Å². The summed E-state index contributed by atoms with van der Waals surface area (Å²) >= 11 is 0. The molecule has 0 radical (unpaired) electrons. The minimum Gasteiger partial charge on any atom is -0.466 e. The van der Waals surface area contributed by atoms with Crippen molar-refractivity contribution in [2.24, 2.45) is 0 Å². The van der Waals surface area contributed by atoms with Gasteiger partial charge in [-0.1, -0.05) is 30.3 Å². The zero-order valence-electron chi connectivity index (χ0n) is 10.8. The molecule has 0 spiro atoms. The first kappa shape index (κ1) is 13.7. The van der Waals surface area contributed by atoms with Crippen LogP contribution in [0, 0.1) is 0 Å². The number of hydrogen-bond donors (Lipinski definition) is 1. The fraction of sp³-hybridized carbons (Fsp3) is 0.500. The summed E-state index contributed by atoms with van der Waals surface area (Å²) in [5, 5.41) is 3.38. The Balaban J connectivity index is 2.41. The lowest BCUT2D eigenvalue weighted by Crippen LogP contribution is -2.31. The maximum absolute atomic E-state index is 11.3. The van der Waals surface area contributed by atoms with Gasteiger partial charge in [-0.25, -0.2) is 0 Å². The molecule has 17 heavy (non-hydrogen) atoms. The van der Waals surface area contributed by atoms with E-state index >= 15 is 0 Å². The van der Waals surface area contributed by atoms with E-state index in [1.807, 2.05) is 32.0 Å². The highest BCUT2D eigenvalue weighted by Gasteiger charge is 2.13. The molecule has 0 saturated heterocycles. The summed E-state index contributed by atoms with van der Waals surface area (Å²) < 4.78 is 4.92. The molecule has 0 amide bonds. The van der Waals surface area contributed by atoms with Crippen LogP contribution in [0.5, 0.6) is 0 Å². The Morgan fingerprint density at radius 3 is 2.53 bits per heavy atom. The molecule has 1 N–H and O–H groups in total. The molecule has 94 valence electrons. The molecule has 2 atom stereocenters. The minimum absolute atomic E-state index is 0.115. The molecule has 1 aromatic rings.